The van der Waals surface area contributed by atoms with Crippen molar-refractivity contribution in [2.24, 2.45) is 0 Å². The van der Waals surface area contributed by atoms with Gasteiger partial charge in [0, 0.05) is 21.5 Å². The van der Waals surface area contributed by atoms with E-state index >= 15 is 0 Å². The van der Waals surface area contributed by atoms with Gasteiger partial charge in [-0.1, -0.05) is 36.4 Å². The second-order valence-corrected chi connectivity index (χ2v) is 8.99. The lowest BCUT2D eigenvalue weighted by atomic mass is 10.1. The molecule has 0 amide bonds. The van der Waals surface area contributed by atoms with Crippen molar-refractivity contribution < 1.29 is 17.5 Å². The number of quaternary nitrogens is 2. The summed E-state index contributed by atoms with van der Waals surface area (Å²) in [5, 5.41) is 0. The lowest BCUT2D eigenvalue weighted by molar-refractivity contribution is 0.314. The van der Waals surface area contributed by atoms with Gasteiger partial charge in [-0.3, -0.25) is 17.4 Å². The van der Waals surface area contributed by atoms with Gasteiger partial charge in [0.2, 0.25) is 0 Å². The fourth-order valence-corrected chi connectivity index (χ4v) is 4.55. The molecule has 0 spiro atoms. The number of nitrogens with zero attached hydrogens (tertiary/aromatic N) is 2. The van der Waals surface area contributed by atoms with Crippen LogP contribution in [0.4, 0.5) is 11.4 Å². The van der Waals surface area contributed by atoms with Crippen LogP contribution in [0.25, 0.3) is 0 Å². The number of hydrogen-bond acceptors (Lipinski definition) is 4. The zero-order valence-corrected chi connectivity index (χ0v) is 22.6. The Bertz CT molecular complexity index is 835. The lowest BCUT2D eigenvalue weighted by Gasteiger charge is -2.36. The molecule has 0 heterocycles. The highest BCUT2D eigenvalue weighted by atomic mass is 32.3. The molecule has 7 heteroatoms. The second-order valence-electron chi connectivity index (χ2n) is 8.17. The maximum atomic E-state index is 8.52. The molecule has 6 nitrogen and oxygen atoms in total. The Balaban J connectivity index is 0.000000517. The molecule has 0 saturated heterocycles. The smallest absolute Gasteiger partial charge is 0.135 e. The van der Waals surface area contributed by atoms with Gasteiger partial charge < -0.3 is 9.11 Å². The van der Waals surface area contributed by atoms with Crippen molar-refractivity contribution in [1.29, 1.82) is 0 Å². The Labute approximate surface area is 202 Å². The van der Waals surface area contributed by atoms with Crippen molar-refractivity contribution in [1.82, 2.24) is 8.97 Å². The Kier molecular flexibility index (Phi) is 13.7. The fraction of sp³-hybridized carbons (Fsp3) is 0.538. The fourth-order valence-electron chi connectivity index (χ4n) is 4.55. The Morgan fingerprint density at radius 2 is 0.788 bits per heavy atom. The molecule has 0 radical (unpaired) electrons. The molecule has 0 fully saturated rings. The van der Waals surface area contributed by atoms with Crippen LogP contribution in [0.2, 0.25) is 0 Å². The molecule has 0 bridgehead atoms. The summed E-state index contributed by atoms with van der Waals surface area (Å²) < 4.78 is 36.3. The largest absolute Gasteiger partial charge is 0.759 e. The third kappa shape index (κ3) is 9.55. The van der Waals surface area contributed by atoms with Gasteiger partial charge in [-0.05, 0) is 67.5 Å². The van der Waals surface area contributed by atoms with Crippen molar-refractivity contribution in [2.75, 3.05) is 39.3 Å². The monoisotopic (exact) mass is 480 g/mol. The standard InChI is InChI=1S/2C13H22N.H2O4S/c2*1-5-14(6-2,7-3)13-11-9-8-10-12(13)4;1-5(2,3)4/h2*8-11H,5-7H2,1-4H3;(H2,1,2,3,4)/q2*+1;/p-2. The summed E-state index contributed by atoms with van der Waals surface area (Å²) in [5.74, 6) is 0. The van der Waals surface area contributed by atoms with Crippen LogP contribution in [0.1, 0.15) is 52.7 Å². The molecule has 0 aliphatic carbocycles. The highest BCUT2D eigenvalue weighted by molar-refractivity contribution is 7.79. The van der Waals surface area contributed by atoms with Crippen LogP contribution >= 0.6 is 0 Å². The van der Waals surface area contributed by atoms with Crippen molar-refractivity contribution in [3.8, 4) is 0 Å². The predicted octanol–water partition coefficient (Wildman–Crippen LogP) is 5.39. The van der Waals surface area contributed by atoms with Crippen molar-refractivity contribution in [2.45, 2.75) is 55.4 Å². The summed E-state index contributed by atoms with van der Waals surface area (Å²) in [6, 6.07) is 17.5. The molecule has 33 heavy (non-hydrogen) atoms. The molecule has 2 aromatic rings. The molecular weight excluding hydrogens is 436 g/mol. The highest BCUT2D eigenvalue weighted by Gasteiger charge is 2.26. The van der Waals surface area contributed by atoms with Crippen LogP contribution < -0.4 is 8.97 Å². The van der Waals surface area contributed by atoms with E-state index in [1.54, 1.807) is 0 Å². The van der Waals surface area contributed by atoms with E-state index in [2.05, 4.69) is 104 Å². The SMILES string of the molecule is CC[N+](CC)(CC)c1ccccc1C.CC[N+](CC)(CC)c1ccccc1C.O=S(=O)([O-])[O-]. The van der Waals surface area contributed by atoms with E-state index in [1.807, 2.05) is 0 Å². The summed E-state index contributed by atoms with van der Waals surface area (Å²) in [5.41, 5.74) is 5.80. The molecule has 0 N–H and O–H groups in total. The minimum absolute atomic E-state index is 1.10. The highest BCUT2D eigenvalue weighted by Crippen LogP contribution is 2.27. The van der Waals surface area contributed by atoms with E-state index in [9.17, 15) is 0 Å². The average molecular weight is 481 g/mol. The minimum atomic E-state index is -5.17. The van der Waals surface area contributed by atoms with Gasteiger partial charge in [0.15, 0.2) is 0 Å². The van der Waals surface area contributed by atoms with Crippen LogP contribution in [-0.2, 0) is 10.4 Å². The van der Waals surface area contributed by atoms with Gasteiger partial charge in [-0.15, -0.1) is 0 Å². The summed E-state index contributed by atoms with van der Waals surface area (Å²) in [4.78, 5) is 0. The number of benzene rings is 2. The molecule has 2 rings (SSSR count). The maximum absolute atomic E-state index is 8.52. The van der Waals surface area contributed by atoms with Crippen LogP contribution in [0.15, 0.2) is 48.5 Å². The first-order valence-electron chi connectivity index (χ1n) is 11.9. The van der Waals surface area contributed by atoms with Crippen molar-refractivity contribution >= 4 is 21.8 Å². The molecule has 0 unspecified atom stereocenters. The van der Waals surface area contributed by atoms with Crippen molar-refractivity contribution in [3.05, 3.63) is 59.7 Å². The number of para-hydroxylation sites is 2. The third-order valence-electron chi connectivity index (χ3n) is 6.88. The first-order chi connectivity index (χ1) is 15.4. The molecule has 2 aromatic carbocycles. The van der Waals surface area contributed by atoms with E-state index in [0.29, 0.717) is 0 Å². The predicted molar refractivity (Wildman–Crippen MR) is 140 cm³/mol. The first kappa shape index (κ1) is 31.2. The van der Waals surface area contributed by atoms with E-state index in [1.165, 1.54) is 61.8 Å². The molecular formula is C26H44N2O4S. The van der Waals surface area contributed by atoms with E-state index < -0.39 is 10.4 Å². The Hall–Kier alpha value is -1.77. The number of aryl methyl sites for hydroxylation is 2. The van der Waals surface area contributed by atoms with Gasteiger partial charge in [0.05, 0.1) is 39.3 Å². The van der Waals surface area contributed by atoms with Crippen LogP contribution in [0.3, 0.4) is 0 Å². The quantitative estimate of drug-likeness (QED) is 0.288. The minimum Gasteiger partial charge on any atom is -0.759 e. The third-order valence-corrected chi connectivity index (χ3v) is 6.88. The maximum Gasteiger partial charge on any atom is 0.135 e. The average Bonchev–Trinajstić information content (AvgIpc) is 2.78. The zero-order valence-electron chi connectivity index (χ0n) is 21.8. The molecule has 0 aromatic heterocycles. The van der Waals surface area contributed by atoms with Gasteiger partial charge in [0.25, 0.3) is 0 Å². The summed E-state index contributed by atoms with van der Waals surface area (Å²) in [6.07, 6.45) is 0. The summed E-state index contributed by atoms with van der Waals surface area (Å²) in [6.45, 7) is 25.2. The van der Waals surface area contributed by atoms with Gasteiger partial charge in [-0.2, -0.15) is 0 Å². The lowest BCUT2D eigenvalue weighted by Crippen LogP contribution is -2.49. The van der Waals surface area contributed by atoms with Crippen LogP contribution in [0.5, 0.6) is 0 Å². The van der Waals surface area contributed by atoms with E-state index in [-0.39, 0.29) is 0 Å². The molecule has 0 saturated carbocycles. The molecule has 0 aliphatic rings. The Morgan fingerprint density at radius 1 is 0.576 bits per heavy atom. The number of hydrogen-bond donors (Lipinski definition) is 0. The van der Waals surface area contributed by atoms with Gasteiger partial charge in [0.1, 0.15) is 11.4 Å². The van der Waals surface area contributed by atoms with Gasteiger partial charge in [-0.25, -0.2) is 0 Å². The van der Waals surface area contributed by atoms with E-state index in [4.69, 9.17) is 17.5 Å². The van der Waals surface area contributed by atoms with E-state index in [0.717, 1.165) is 8.97 Å². The van der Waals surface area contributed by atoms with Crippen LogP contribution in [-0.4, -0.2) is 56.8 Å². The molecule has 0 aliphatic heterocycles. The first-order valence-corrected chi connectivity index (χ1v) is 13.2. The molecule has 188 valence electrons. The normalized spacial score (nSPS) is 11.7. The number of rotatable bonds is 8. The van der Waals surface area contributed by atoms with Crippen LogP contribution in [0, 0.1) is 13.8 Å². The summed E-state index contributed by atoms with van der Waals surface area (Å²) in [7, 11) is -5.17. The zero-order chi connectivity index (χ0) is 25.7. The van der Waals surface area contributed by atoms with Crippen molar-refractivity contribution in [3.63, 3.8) is 0 Å². The second kappa shape index (κ2) is 14.5. The van der Waals surface area contributed by atoms with Gasteiger partial charge >= 0.3 is 0 Å². The molecule has 0 atom stereocenters. The summed E-state index contributed by atoms with van der Waals surface area (Å²) >= 11 is 0. The topological polar surface area (TPSA) is 80.3 Å². The Morgan fingerprint density at radius 3 is 0.970 bits per heavy atom.